The average Bonchev–Trinajstić information content (AvgIpc) is 2.34. The molecule has 0 aliphatic heterocycles. The minimum Gasteiger partial charge on any atom is -0.310 e. The Labute approximate surface area is 67.3 Å². The Morgan fingerprint density at radius 1 is 1.82 bits per heavy atom. The average molecular weight is 170 g/mol. The number of hydrogen-bond donors (Lipinski definition) is 1. The van der Waals surface area contributed by atoms with Crippen molar-refractivity contribution in [3.05, 3.63) is 10.4 Å². The Balaban J connectivity index is 2.72. The van der Waals surface area contributed by atoms with Gasteiger partial charge in [-0.25, -0.2) is 4.98 Å². The molecule has 1 rings (SSSR count). The predicted octanol–water partition coefficient (Wildman–Crippen LogP) is 0.914. The molecule has 1 N–H and O–H groups in total. The molecule has 0 atom stereocenters. The van der Waals surface area contributed by atoms with Gasteiger partial charge in [0.25, 0.3) is 0 Å². The third kappa shape index (κ3) is 2.12. The molecule has 58 valence electrons. The van der Waals surface area contributed by atoms with E-state index in [-0.39, 0.29) is 5.91 Å². The van der Waals surface area contributed by atoms with Crippen molar-refractivity contribution in [2.45, 2.75) is 6.92 Å². The fraction of sp³-hybridized carbons (Fsp3) is 0.167. The minimum absolute atomic E-state index is 0.187. The summed E-state index contributed by atoms with van der Waals surface area (Å²) in [7, 11) is 0. The van der Waals surface area contributed by atoms with Crippen molar-refractivity contribution in [3.63, 3.8) is 0 Å². The number of aldehydes is 1. The Kier molecular flexibility index (Phi) is 2.32. The summed E-state index contributed by atoms with van der Waals surface area (Å²) < 4.78 is 0. The van der Waals surface area contributed by atoms with Crippen LogP contribution >= 0.6 is 11.3 Å². The van der Waals surface area contributed by atoms with Gasteiger partial charge in [-0.3, -0.25) is 9.59 Å². The Bertz CT molecular complexity index is 282. The van der Waals surface area contributed by atoms with E-state index >= 15 is 0 Å². The predicted molar refractivity (Wildman–Crippen MR) is 41.8 cm³/mol. The highest BCUT2D eigenvalue weighted by Crippen LogP contribution is 2.11. The van der Waals surface area contributed by atoms with Gasteiger partial charge in [0.15, 0.2) is 11.3 Å². The van der Waals surface area contributed by atoms with Crippen molar-refractivity contribution in [3.8, 4) is 0 Å². The second-order valence-electron chi connectivity index (χ2n) is 1.87. The highest BCUT2D eigenvalue weighted by atomic mass is 32.1. The second-order valence-corrected chi connectivity index (χ2v) is 2.76. The van der Waals surface area contributed by atoms with Crippen molar-refractivity contribution in [1.82, 2.24) is 4.98 Å². The molecule has 4 nitrogen and oxygen atoms in total. The molecule has 1 aromatic rings. The summed E-state index contributed by atoms with van der Waals surface area (Å²) >= 11 is 1.20. The first-order valence-corrected chi connectivity index (χ1v) is 3.78. The second kappa shape index (κ2) is 3.25. The smallest absolute Gasteiger partial charge is 0.222 e. The van der Waals surface area contributed by atoms with Crippen molar-refractivity contribution >= 4 is 29.3 Å². The molecule has 0 saturated carbocycles. The molecular formula is C6H6N2O2S. The van der Waals surface area contributed by atoms with E-state index in [0.717, 1.165) is 0 Å². The van der Waals surface area contributed by atoms with Crippen LogP contribution in [0.1, 0.15) is 16.7 Å². The van der Waals surface area contributed by atoms with E-state index in [1.165, 1.54) is 18.3 Å². The number of amides is 1. The topological polar surface area (TPSA) is 59.1 Å². The zero-order valence-corrected chi connectivity index (χ0v) is 6.64. The van der Waals surface area contributed by atoms with Crippen molar-refractivity contribution < 1.29 is 9.59 Å². The van der Waals surface area contributed by atoms with Crippen LogP contribution in [-0.4, -0.2) is 17.2 Å². The number of carbonyl (C=O) groups is 2. The number of thiazole rings is 1. The molecule has 0 saturated heterocycles. The fourth-order valence-corrected chi connectivity index (χ4v) is 1.13. The van der Waals surface area contributed by atoms with E-state index < -0.39 is 0 Å². The van der Waals surface area contributed by atoms with E-state index in [4.69, 9.17) is 0 Å². The lowest BCUT2D eigenvalue weighted by Gasteiger charge is -1.91. The maximum Gasteiger partial charge on any atom is 0.222 e. The largest absolute Gasteiger partial charge is 0.310 e. The summed E-state index contributed by atoms with van der Waals surface area (Å²) in [5.74, 6) is 0.248. The molecule has 1 aromatic heterocycles. The van der Waals surface area contributed by atoms with E-state index in [1.54, 1.807) is 5.38 Å². The van der Waals surface area contributed by atoms with Crippen LogP contribution in [0.25, 0.3) is 0 Å². The van der Waals surface area contributed by atoms with Crippen LogP contribution in [0.15, 0.2) is 5.38 Å². The molecule has 0 radical (unpaired) electrons. The molecule has 0 unspecified atom stereocenters. The van der Waals surface area contributed by atoms with Crippen LogP contribution in [0.4, 0.5) is 5.82 Å². The van der Waals surface area contributed by atoms with Crippen LogP contribution in [0.2, 0.25) is 0 Å². The van der Waals surface area contributed by atoms with E-state index in [2.05, 4.69) is 10.3 Å². The Morgan fingerprint density at radius 3 is 3.00 bits per heavy atom. The maximum atomic E-state index is 10.5. The SMILES string of the molecule is CC(=O)Nc1csc(C=O)n1. The summed E-state index contributed by atoms with van der Waals surface area (Å²) in [6, 6.07) is 0. The number of anilines is 1. The van der Waals surface area contributed by atoms with Gasteiger partial charge in [-0.1, -0.05) is 0 Å². The first kappa shape index (κ1) is 7.87. The molecule has 5 heteroatoms. The standard InChI is InChI=1S/C6H6N2O2S/c1-4(10)7-5-3-11-6(2-9)8-5/h2-3H,1H3,(H,7,10). The van der Waals surface area contributed by atoms with Crippen LogP contribution < -0.4 is 5.32 Å². The van der Waals surface area contributed by atoms with Crippen LogP contribution in [0.5, 0.6) is 0 Å². The number of nitrogens with one attached hydrogen (secondary N) is 1. The lowest BCUT2D eigenvalue weighted by molar-refractivity contribution is -0.114. The first-order valence-electron chi connectivity index (χ1n) is 2.90. The molecule has 0 bridgehead atoms. The summed E-state index contributed by atoms with van der Waals surface area (Å²) in [6.07, 6.45) is 0.649. The van der Waals surface area contributed by atoms with E-state index in [0.29, 0.717) is 17.1 Å². The van der Waals surface area contributed by atoms with Crippen molar-refractivity contribution in [1.29, 1.82) is 0 Å². The number of carbonyl (C=O) groups excluding carboxylic acids is 2. The van der Waals surface area contributed by atoms with Crippen LogP contribution in [0.3, 0.4) is 0 Å². The van der Waals surface area contributed by atoms with E-state index in [1.807, 2.05) is 0 Å². The van der Waals surface area contributed by atoms with Gasteiger partial charge in [0.05, 0.1) is 0 Å². The highest BCUT2D eigenvalue weighted by Gasteiger charge is 2.00. The third-order valence-electron chi connectivity index (χ3n) is 0.927. The van der Waals surface area contributed by atoms with E-state index in [9.17, 15) is 9.59 Å². The van der Waals surface area contributed by atoms with Gasteiger partial charge >= 0.3 is 0 Å². The number of hydrogen-bond acceptors (Lipinski definition) is 4. The lowest BCUT2D eigenvalue weighted by atomic mass is 10.6. The van der Waals surface area contributed by atoms with Crippen LogP contribution in [-0.2, 0) is 4.79 Å². The van der Waals surface area contributed by atoms with Gasteiger partial charge in [0, 0.05) is 12.3 Å². The molecule has 0 spiro atoms. The molecule has 0 aromatic carbocycles. The molecule has 0 fully saturated rings. The quantitative estimate of drug-likeness (QED) is 0.671. The van der Waals surface area contributed by atoms with Gasteiger partial charge in [0.2, 0.25) is 5.91 Å². The Hall–Kier alpha value is -1.23. The molecule has 0 aliphatic rings. The Morgan fingerprint density at radius 2 is 2.55 bits per heavy atom. The fourth-order valence-electron chi connectivity index (χ4n) is 0.580. The molecule has 11 heavy (non-hydrogen) atoms. The van der Waals surface area contributed by atoms with Crippen LogP contribution in [0, 0.1) is 0 Å². The first-order chi connectivity index (χ1) is 5.22. The summed E-state index contributed by atoms with van der Waals surface area (Å²) in [5.41, 5.74) is 0. The van der Waals surface area contributed by atoms with Gasteiger partial charge in [-0.05, 0) is 0 Å². The third-order valence-corrected chi connectivity index (χ3v) is 1.70. The molecule has 0 aliphatic carbocycles. The van der Waals surface area contributed by atoms with Crippen molar-refractivity contribution in [2.24, 2.45) is 0 Å². The highest BCUT2D eigenvalue weighted by molar-refractivity contribution is 7.11. The maximum absolute atomic E-state index is 10.5. The normalized spacial score (nSPS) is 9.18. The number of aromatic nitrogens is 1. The van der Waals surface area contributed by atoms with Crippen molar-refractivity contribution in [2.75, 3.05) is 5.32 Å². The minimum atomic E-state index is -0.187. The van der Waals surface area contributed by atoms with Gasteiger partial charge in [0.1, 0.15) is 5.82 Å². The molecule has 1 amide bonds. The number of nitrogens with zero attached hydrogens (tertiary/aromatic N) is 1. The number of rotatable bonds is 2. The van der Waals surface area contributed by atoms with Gasteiger partial charge in [-0.15, -0.1) is 11.3 Å². The zero-order chi connectivity index (χ0) is 8.27. The monoisotopic (exact) mass is 170 g/mol. The lowest BCUT2D eigenvalue weighted by Crippen LogP contribution is -2.05. The summed E-state index contributed by atoms with van der Waals surface area (Å²) in [5, 5.41) is 4.45. The summed E-state index contributed by atoms with van der Waals surface area (Å²) in [4.78, 5) is 24.4. The van der Waals surface area contributed by atoms with Gasteiger partial charge in [-0.2, -0.15) is 0 Å². The van der Waals surface area contributed by atoms with Gasteiger partial charge < -0.3 is 5.32 Å². The summed E-state index contributed by atoms with van der Waals surface area (Å²) in [6.45, 7) is 1.39. The molecular weight excluding hydrogens is 164 g/mol. The molecule has 1 heterocycles. The zero-order valence-electron chi connectivity index (χ0n) is 5.83.